The first-order valence-corrected chi connectivity index (χ1v) is 9.68. The lowest BCUT2D eigenvalue weighted by atomic mass is 10.1. The predicted molar refractivity (Wildman–Crippen MR) is 106 cm³/mol. The summed E-state index contributed by atoms with van der Waals surface area (Å²) in [6.45, 7) is 12.9. The van der Waals surface area contributed by atoms with Gasteiger partial charge < -0.3 is 10.6 Å². The van der Waals surface area contributed by atoms with Gasteiger partial charge in [0.2, 0.25) is 0 Å². The molecule has 0 aliphatic carbocycles. The van der Waals surface area contributed by atoms with Gasteiger partial charge in [0.05, 0.1) is 16.4 Å². The fourth-order valence-corrected chi connectivity index (χ4v) is 3.66. The number of aliphatic imine (C=N–C) groups is 1. The largest absolute Gasteiger partial charge is 0.357 e. The van der Waals surface area contributed by atoms with E-state index in [0.29, 0.717) is 0 Å². The zero-order valence-electron chi connectivity index (χ0n) is 16.2. The lowest BCUT2D eigenvalue weighted by Crippen LogP contribution is -2.38. The molecule has 0 aliphatic rings. The van der Waals surface area contributed by atoms with Gasteiger partial charge in [0.25, 0.3) is 0 Å². The van der Waals surface area contributed by atoms with E-state index in [1.54, 1.807) is 11.3 Å². The number of rotatable bonds is 7. The summed E-state index contributed by atoms with van der Waals surface area (Å²) in [6.07, 6.45) is 1.83. The van der Waals surface area contributed by atoms with Gasteiger partial charge in [-0.05, 0) is 46.6 Å². The second kappa shape index (κ2) is 8.99. The third kappa shape index (κ3) is 5.29. The molecule has 2 heterocycles. The second-order valence-corrected chi connectivity index (χ2v) is 7.50. The molecule has 0 fully saturated rings. The minimum absolute atomic E-state index is 0.743. The van der Waals surface area contributed by atoms with Crippen LogP contribution in [-0.4, -0.2) is 40.4 Å². The van der Waals surface area contributed by atoms with Crippen LogP contribution in [0.5, 0.6) is 0 Å². The molecule has 0 aliphatic heterocycles. The van der Waals surface area contributed by atoms with Gasteiger partial charge in [0.15, 0.2) is 5.96 Å². The molecule has 2 aromatic heterocycles. The third-order valence-electron chi connectivity index (χ3n) is 4.34. The van der Waals surface area contributed by atoms with E-state index in [1.807, 2.05) is 11.7 Å². The van der Waals surface area contributed by atoms with Crippen LogP contribution in [0.2, 0.25) is 0 Å². The van der Waals surface area contributed by atoms with Crippen LogP contribution in [0.1, 0.15) is 39.5 Å². The van der Waals surface area contributed by atoms with Gasteiger partial charge in [-0.1, -0.05) is 0 Å². The fourth-order valence-electron chi connectivity index (χ4n) is 2.74. The SMILES string of the molecule is CCNC(=NCCc1nc(C)c(C)s1)NCCc1c(C)nn(C)c1C. The molecule has 2 N–H and O–H groups in total. The smallest absolute Gasteiger partial charge is 0.191 e. The maximum Gasteiger partial charge on any atom is 0.191 e. The molecule has 6 nitrogen and oxygen atoms in total. The number of hydrogen-bond donors (Lipinski definition) is 2. The molecule has 2 aromatic rings. The van der Waals surface area contributed by atoms with Crippen LogP contribution in [-0.2, 0) is 19.9 Å². The Kier molecular flexibility index (Phi) is 6.99. The monoisotopic (exact) mass is 362 g/mol. The summed E-state index contributed by atoms with van der Waals surface area (Å²) in [5.41, 5.74) is 4.80. The normalized spacial score (nSPS) is 11.8. The van der Waals surface area contributed by atoms with Crippen LogP contribution < -0.4 is 10.6 Å². The minimum atomic E-state index is 0.743. The Morgan fingerprint density at radius 1 is 1.12 bits per heavy atom. The highest BCUT2D eigenvalue weighted by molar-refractivity contribution is 7.11. The molecule has 0 aromatic carbocycles. The zero-order valence-corrected chi connectivity index (χ0v) is 17.0. The molecule has 7 heteroatoms. The molecule has 138 valence electrons. The minimum Gasteiger partial charge on any atom is -0.357 e. The van der Waals surface area contributed by atoms with Crippen molar-refractivity contribution in [3.05, 3.63) is 32.5 Å². The number of nitrogens with one attached hydrogen (secondary N) is 2. The maximum absolute atomic E-state index is 4.67. The number of aryl methyl sites for hydroxylation is 4. The van der Waals surface area contributed by atoms with E-state index in [1.165, 1.54) is 16.1 Å². The Labute approximate surface area is 154 Å². The van der Waals surface area contributed by atoms with Gasteiger partial charge in [-0.25, -0.2) is 4.98 Å². The summed E-state index contributed by atoms with van der Waals surface area (Å²) in [5, 5.41) is 12.4. The van der Waals surface area contributed by atoms with Gasteiger partial charge in [-0.15, -0.1) is 11.3 Å². The van der Waals surface area contributed by atoms with Crippen molar-refractivity contribution >= 4 is 17.3 Å². The molecule has 0 bridgehead atoms. The van der Waals surface area contributed by atoms with Crippen molar-refractivity contribution in [2.45, 2.75) is 47.5 Å². The van der Waals surface area contributed by atoms with Crippen LogP contribution >= 0.6 is 11.3 Å². The predicted octanol–water partition coefficient (Wildman–Crippen LogP) is 2.45. The van der Waals surface area contributed by atoms with Crippen molar-refractivity contribution in [1.82, 2.24) is 25.4 Å². The molecular formula is C18H30N6S. The molecule has 0 atom stereocenters. The lowest BCUT2D eigenvalue weighted by Gasteiger charge is -2.11. The van der Waals surface area contributed by atoms with Gasteiger partial charge in [0, 0.05) is 43.7 Å². The van der Waals surface area contributed by atoms with Crippen molar-refractivity contribution in [3.8, 4) is 0 Å². The van der Waals surface area contributed by atoms with Crippen LogP contribution in [0.4, 0.5) is 0 Å². The third-order valence-corrected chi connectivity index (χ3v) is 5.47. The quantitative estimate of drug-likeness (QED) is 0.586. The molecule has 0 saturated heterocycles. The number of thiazole rings is 1. The molecule has 0 radical (unpaired) electrons. The number of hydrogen-bond acceptors (Lipinski definition) is 4. The fraction of sp³-hybridized carbons (Fsp3) is 0.611. The Morgan fingerprint density at radius 2 is 1.88 bits per heavy atom. The standard InChI is InChI=1S/C18H30N6S/c1-7-19-18(21-11-9-17-22-12(2)15(5)25-17)20-10-8-16-13(3)23-24(6)14(16)4/h7-11H2,1-6H3,(H2,19,20,21). The average Bonchev–Trinajstić information content (AvgIpc) is 3.00. The highest BCUT2D eigenvalue weighted by atomic mass is 32.1. The summed E-state index contributed by atoms with van der Waals surface area (Å²) in [5.74, 6) is 0.867. The average molecular weight is 363 g/mol. The van der Waals surface area contributed by atoms with Crippen molar-refractivity contribution in [3.63, 3.8) is 0 Å². The first kappa shape index (κ1) is 19.4. The number of guanidine groups is 1. The Hall–Kier alpha value is -1.89. The number of aromatic nitrogens is 3. The van der Waals surface area contributed by atoms with E-state index >= 15 is 0 Å². The molecule has 0 spiro atoms. The van der Waals surface area contributed by atoms with E-state index in [-0.39, 0.29) is 0 Å². The number of nitrogens with zero attached hydrogens (tertiary/aromatic N) is 4. The molecule has 0 amide bonds. The maximum atomic E-state index is 4.67. The van der Waals surface area contributed by atoms with Crippen LogP contribution in [0.25, 0.3) is 0 Å². The van der Waals surface area contributed by atoms with Crippen molar-refractivity contribution in [2.24, 2.45) is 12.0 Å². The van der Waals surface area contributed by atoms with Crippen molar-refractivity contribution in [2.75, 3.05) is 19.6 Å². The van der Waals surface area contributed by atoms with Gasteiger partial charge in [-0.2, -0.15) is 5.10 Å². The van der Waals surface area contributed by atoms with Gasteiger partial charge in [0.1, 0.15) is 0 Å². The summed E-state index contributed by atoms with van der Waals surface area (Å²) in [4.78, 5) is 10.5. The van der Waals surface area contributed by atoms with Gasteiger partial charge >= 0.3 is 0 Å². The molecule has 25 heavy (non-hydrogen) atoms. The highest BCUT2D eigenvalue weighted by Crippen LogP contribution is 2.16. The molecular weight excluding hydrogens is 332 g/mol. The van der Waals surface area contributed by atoms with Gasteiger partial charge in [-0.3, -0.25) is 9.67 Å². The Bertz CT molecular complexity index is 709. The topological polar surface area (TPSA) is 67.1 Å². The zero-order chi connectivity index (χ0) is 18.4. The van der Waals surface area contributed by atoms with E-state index in [2.05, 4.69) is 60.3 Å². The van der Waals surface area contributed by atoms with E-state index in [4.69, 9.17) is 0 Å². The lowest BCUT2D eigenvalue weighted by molar-refractivity contribution is 0.729. The van der Waals surface area contributed by atoms with E-state index in [9.17, 15) is 0 Å². The van der Waals surface area contributed by atoms with Crippen LogP contribution in [0, 0.1) is 27.7 Å². The Morgan fingerprint density at radius 3 is 2.44 bits per heavy atom. The Balaban J connectivity index is 1.86. The second-order valence-electron chi connectivity index (χ2n) is 6.21. The van der Waals surface area contributed by atoms with E-state index in [0.717, 1.165) is 54.8 Å². The van der Waals surface area contributed by atoms with Crippen molar-refractivity contribution in [1.29, 1.82) is 0 Å². The first-order chi connectivity index (χ1) is 11.9. The van der Waals surface area contributed by atoms with Crippen LogP contribution in [0.15, 0.2) is 4.99 Å². The summed E-state index contributed by atoms with van der Waals surface area (Å²) in [6, 6.07) is 0. The van der Waals surface area contributed by atoms with Crippen molar-refractivity contribution < 1.29 is 0 Å². The molecule has 0 saturated carbocycles. The molecule has 2 rings (SSSR count). The molecule has 0 unspecified atom stereocenters. The first-order valence-electron chi connectivity index (χ1n) is 8.86. The summed E-state index contributed by atoms with van der Waals surface area (Å²) >= 11 is 1.77. The van der Waals surface area contributed by atoms with E-state index < -0.39 is 0 Å². The summed E-state index contributed by atoms with van der Waals surface area (Å²) in [7, 11) is 1.99. The summed E-state index contributed by atoms with van der Waals surface area (Å²) < 4.78 is 1.95. The van der Waals surface area contributed by atoms with Crippen LogP contribution in [0.3, 0.4) is 0 Å². The highest BCUT2D eigenvalue weighted by Gasteiger charge is 2.09.